The van der Waals surface area contributed by atoms with E-state index < -0.39 is 0 Å². The minimum Gasteiger partial charge on any atom is -0.308 e. The van der Waals surface area contributed by atoms with E-state index >= 15 is 0 Å². The molecule has 0 amide bonds. The first-order valence-electron chi connectivity index (χ1n) is 22.7. The minimum atomic E-state index is 0.0128. The molecule has 0 N–H and O–H groups in total. The van der Waals surface area contributed by atoms with Crippen LogP contribution in [0.5, 0.6) is 0 Å². The van der Waals surface area contributed by atoms with Gasteiger partial charge in [0.25, 0.3) is 0 Å². The summed E-state index contributed by atoms with van der Waals surface area (Å²) in [4.78, 5) is 0. The lowest BCUT2D eigenvalue weighted by atomic mass is 9.48. The second-order valence-electron chi connectivity index (χ2n) is 20.2. The summed E-state index contributed by atoms with van der Waals surface area (Å²) in [5, 5.41) is 27.8. The molecule has 19 rings (SSSR count). The van der Waals surface area contributed by atoms with Crippen molar-refractivity contribution < 1.29 is 0 Å². The molecule has 0 spiro atoms. The molecule has 3 heteroatoms. The third kappa shape index (κ3) is 3.57. The highest BCUT2D eigenvalue weighted by Gasteiger charge is 2.53. The van der Waals surface area contributed by atoms with Crippen LogP contribution in [0.1, 0.15) is 146 Å². The van der Waals surface area contributed by atoms with Gasteiger partial charge in [-0.15, -0.1) is 0 Å². The molecule has 286 valence electrons. The number of fused-ring (bicyclic) bond motifs is 6. The van der Waals surface area contributed by atoms with Crippen LogP contribution in [0.3, 0.4) is 0 Å². The lowest BCUT2D eigenvalue weighted by Crippen LogP contribution is -2.48. The highest BCUT2D eigenvalue weighted by molar-refractivity contribution is 6.26. The van der Waals surface area contributed by atoms with Gasteiger partial charge < -0.3 is 4.40 Å². The lowest BCUT2D eigenvalue weighted by molar-refractivity contribution is -0.00508. The van der Waals surface area contributed by atoms with Crippen molar-refractivity contribution in [3.63, 3.8) is 0 Å². The van der Waals surface area contributed by atoms with E-state index in [1.165, 1.54) is 132 Å². The molecule has 0 saturated heterocycles. The zero-order valence-electron chi connectivity index (χ0n) is 33.7. The molecule has 4 fully saturated rings. The number of rotatable bonds is 1. The monoisotopic (exact) mass is 777 g/mol. The molecule has 2 aromatic heterocycles. The predicted molar refractivity (Wildman–Crippen MR) is 240 cm³/mol. The Hall–Kier alpha value is -6.68. The molecule has 0 radical (unpaired) electrons. The fourth-order valence-electron chi connectivity index (χ4n) is 16.2. The molecule has 8 bridgehead atoms. The molecule has 61 heavy (non-hydrogen) atoms. The van der Waals surface area contributed by atoms with Crippen molar-refractivity contribution >= 4 is 38.1 Å². The predicted octanol–water partition coefficient (Wildman–Crippen LogP) is 13.0. The maximum Gasteiger partial charge on any atom is 0.0995 e. The van der Waals surface area contributed by atoms with E-state index in [9.17, 15) is 10.5 Å². The van der Waals surface area contributed by atoms with Crippen LogP contribution >= 0.6 is 0 Å². The van der Waals surface area contributed by atoms with Crippen molar-refractivity contribution in [1.82, 2.24) is 4.40 Å². The van der Waals surface area contributed by atoms with Crippen molar-refractivity contribution in [3.05, 3.63) is 205 Å². The molecular weight excluding hydrogens is 739 g/mol. The summed E-state index contributed by atoms with van der Waals surface area (Å²) < 4.78 is 2.52. The van der Waals surface area contributed by atoms with E-state index in [1.54, 1.807) is 5.56 Å². The van der Waals surface area contributed by atoms with Gasteiger partial charge in [-0.1, -0.05) is 97.1 Å². The number of hydrogen-bond donors (Lipinski definition) is 0. The van der Waals surface area contributed by atoms with Gasteiger partial charge >= 0.3 is 0 Å². The zero-order valence-corrected chi connectivity index (χ0v) is 33.7. The van der Waals surface area contributed by atoms with Gasteiger partial charge in [0.2, 0.25) is 0 Å². The van der Waals surface area contributed by atoms with Crippen LogP contribution in [0, 0.1) is 40.4 Å². The number of benzene rings is 7. The Morgan fingerprint density at radius 2 is 0.770 bits per heavy atom. The van der Waals surface area contributed by atoms with E-state index in [2.05, 4.69) is 138 Å². The average Bonchev–Trinajstić information content (AvgIpc) is 3.82. The van der Waals surface area contributed by atoms with Crippen LogP contribution in [-0.2, 0) is 5.41 Å². The standard InChI is InChI=1S/C58H39N3/c59-27-32-20-45-53(55-47(32)49-35-9-1-5-13-39(35)51(55)40-14-6-2-10-36(40)49)43-22-34(58-24-29-17-30(25-58)19-31(18-29)26-58)23-44-54-46(61(45)57(43)44)21-33(28-60)48-50-37-11-3-7-15-41(37)52(56(48)54)42-16-8-4-12-38(42)50/h1-16,20-23,29-31,49-52H,17-19,24-26H2. The smallest absolute Gasteiger partial charge is 0.0995 e. The summed E-state index contributed by atoms with van der Waals surface area (Å²) in [5.41, 5.74) is 22.7. The average molecular weight is 778 g/mol. The van der Waals surface area contributed by atoms with Gasteiger partial charge in [-0.2, -0.15) is 10.5 Å². The van der Waals surface area contributed by atoms with E-state index in [0.717, 1.165) is 39.9 Å². The molecule has 9 aromatic rings. The molecule has 2 heterocycles. The van der Waals surface area contributed by atoms with Gasteiger partial charge in [-0.05, 0) is 158 Å². The zero-order chi connectivity index (χ0) is 39.6. The van der Waals surface area contributed by atoms with Crippen molar-refractivity contribution in [2.45, 2.75) is 67.6 Å². The molecule has 0 unspecified atom stereocenters. The fraction of sp³-hybridized carbons (Fsp3) is 0.241. The Labute approximate surface area is 353 Å². The van der Waals surface area contributed by atoms with Gasteiger partial charge in [-0.3, -0.25) is 0 Å². The summed E-state index contributed by atoms with van der Waals surface area (Å²) in [7, 11) is 0. The van der Waals surface area contributed by atoms with Crippen molar-refractivity contribution in [2.24, 2.45) is 17.8 Å². The van der Waals surface area contributed by atoms with Crippen molar-refractivity contribution in [1.29, 1.82) is 10.5 Å². The summed E-state index contributed by atoms with van der Waals surface area (Å²) in [6.45, 7) is 0. The largest absolute Gasteiger partial charge is 0.308 e. The van der Waals surface area contributed by atoms with Crippen LogP contribution in [0.2, 0.25) is 0 Å². The summed E-state index contributed by atoms with van der Waals surface area (Å²) in [6.07, 6.45) is 8.14. The Kier molecular flexibility index (Phi) is 5.59. The summed E-state index contributed by atoms with van der Waals surface area (Å²) in [5.74, 6) is 2.58. The Morgan fingerprint density at radius 1 is 0.443 bits per heavy atom. The molecule has 3 nitrogen and oxygen atoms in total. The van der Waals surface area contributed by atoms with Crippen LogP contribution in [0.15, 0.2) is 121 Å². The molecule has 0 aliphatic heterocycles. The van der Waals surface area contributed by atoms with Gasteiger partial charge in [0.05, 0.1) is 39.8 Å². The second-order valence-corrected chi connectivity index (χ2v) is 20.2. The first kappa shape index (κ1) is 32.1. The molecule has 10 aliphatic carbocycles. The Bertz CT molecular complexity index is 3300. The topological polar surface area (TPSA) is 52.0 Å². The molecule has 7 aromatic carbocycles. The molecule has 10 aliphatic rings. The first-order chi connectivity index (χ1) is 30.1. The van der Waals surface area contributed by atoms with Gasteiger partial charge in [0.15, 0.2) is 0 Å². The van der Waals surface area contributed by atoms with Gasteiger partial charge in [0, 0.05) is 45.2 Å². The molecular formula is C58H39N3. The summed E-state index contributed by atoms with van der Waals surface area (Å²) in [6, 6.07) is 51.5. The van der Waals surface area contributed by atoms with E-state index in [1.807, 2.05) is 0 Å². The highest BCUT2D eigenvalue weighted by Crippen LogP contribution is 2.65. The van der Waals surface area contributed by atoms with Crippen molar-refractivity contribution in [3.8, 4) is 12.1 Å². The SMILES string of the molecule is N#Cc1cc2c(c3c1C1c4ccccc4C3c3ccccc31)c1cc(C34CC5CC(CC(C5)C3)C4)cc3c4c5c(c(C#N)cc4n2c13)C1c2ccccc2C5c2ccccc21. The fourth-order valence-corrected chi connectivity index (χ4v) is 16.2. The molecule has 0 atom stereocenters. The maximum atomic E-state index is 11.3. The van der Waals surface area contributed by atoms with Crippen LogP contribution in [0.4, 0.5) is 0 Å². The Morgan fingerprint density at radius 3 is 1.10 bits per heavy atom. The van der Waals surface area contributed by atoms with Crippen LogP contribution in [0.25, 0.3) is 38.1 Å². The van der Waals surface area contributed by atoms with Crippen LogP contribution < -0.4 is 0 Å². The second kappa shape index (κ2) is 10.6. The van der Waals surface area contributed by atoms with Crippen LogP contribution in [-0.4, -0.2) is 4.40 Å². The van der Waals surface area contributed by atoms with Gasteiger partial charge in [0.1, 0.15) is 0 Å². The van der Waals surface area contributed by atoms with E-state index in [-0.39, 0.29) is 29.1 Å². The number of hydrogen-bond acceptors (Lipinski definition) is 2. The quantitative estimate of drug-likeness (QED) is 0.167. The number of nitrogens with zero attached hydrogens (tertiary/aromatic N) is 3. The summed E-state index contributed by atoms with van der Waals surface area (Å²) >= 11 is 0. The van der Waals surface area contributed by atoms with E-state index in [4.69, 9.17) is 0 Å². The third-order valence-electron chi connectivity index (χ3n) is 17.6. The van der Waals surface area contributed by atoms with Gasteiger partial charge in [-0.25, -0.2) is 0 Å². The number of nitriles is 2. The maximum absolute atomic E-state index is 11.3. The van der Waals surface area contributed by atoms with Crippen molar-refractivity contribution in [2.75, 3.05) is 0 Å². The van der Waals surface area contributed by atoms with E-state index in [0.29, 0.717) is 0 Å². The normalized spacial score (nSPS) is 27.5. The highest BCUT2D eigenvalue weighted by atomic mass is 14.9. The molecule has 4 saturated carbocycles. The lowest BCUT2D eigenvalue weighted by Gasteiger charge is -2.57. The minimum absolute atomic E-state index is 0.0128. The number of aromatic nitrogens is 1. The first-order valence-corrected chi connectivity index (χ1v) is 22.7. The third-order valence-corrected chi connectivity index (χ3v) is 17.6. The Balaban J connectivity index is 1.10.